The number of para-hydroxylation sites is 1. The molecule has 0 radical (unpaired) electrons. The van der Waals surface area contributed by atoms with Gasteiger partial charge in [-0.05, 0) is 49.9 Å². The monoisotopic (exact) mass is 343 g/mol. The molecule has 4 rings (SSSR count). The fourth-order valence-electron chi connectivity index (χ4n) is 4.06. The third-order valence-corrected chi connectivity index (χ3v) is 7.09. The number of sulfonamides is 1. The molecular weight excluding hydrogens is 322 g/mol. The van der Waals surface area contributed by atoms with Gasteiger partial charge in [0.15, 0.2) is 0 Å². The van der Waals surface area contributed by atoms with E-state index in [9.17, 15) is 13.5 Å². The van der Waals surface area contributed by atoms with Gasteiger partial charge in [0.05, 0.1) is 22.7 Å². The molecule has 1 N–H and O–H groups in total. The molecule has 0 spiro atoms. The van der Waals surface area contributed by atoms with Gasteiger partial charge < -0.3 is 5.11 Å². The second kappa shape index (κ2) is 5.60. The zero-order chi connectivity index (χ0) is 16.9. The summed E-state index contributed by atoms with van der Waals surface area (Å²) in [4.78, 5) is 0.309. The van der Waals surface area contributed by atoms with Gasteiger partial charge >= 0.3 is 0 Å². The molecule has 0 aromatic heterocycles. The lowest BCUT2D eigenvalue weighted by Gasteiger charge is -2.35. The van der Waals surface area contributed by atoms with E-state index in [4.69, 9.17) is 0 Å². The van der Waals surface area contributed by atoms with Crippen molar-refractivity contribution in [3.8, 4) is 0 Å². The standard InChI is InChI=1S/C19H21NO3S/c1-13-6-9-15(10-7-13)24(22,23)20-18-5-3-2-4-16(18)17-11-8-14(21)12-19(17)20/h2-7,9-10,14,17,19,21H,8,11-12H2,1H3/t14-,17-,19-/m0/s1. The second-order valence-electron chi connectivity index (χ2n) is 6.81. The highest BCUT2D eigenvalue weighted by Crippen LogP contribution is 2.49. The van der Waals surface area contributed by atoms with Crippen molar-refractivity contribution in [2.24, 2.45) is 0 Å². The highest BCUT2D eigenvalue weighted by Gasteiger charge is 2.47. The maximum absolute atomic E-state index is 13.3. The molecule has 3 atom stereocenters. The summed E-state index contributed by atoms with van der Waals surface area (Å²) < 4.78 is 28.2. The summed E-state index contributed by atoms with van der Waals surface area (Å²) in [6.45, 7) is 1.94. The molecule has 0 bridgehead atoms. The average Bonchev–Trinajstić information content (AvgIpc) is 2.89. The molecule has 2 aliphatic rings. The van der Waals surface area contributed by atoms with E-state index < -0.39 is 16.1 Å². The predicted molar refractivity (Wildman–Crippen MR) is 93.7 cm³/mol. The molecule has 2 aromatic rings. The van der Waals surface area contributed by atoms with Gasteiger partial charge in [-0.2, -0.15) is 0 Å². The largest absolute Gasteiger partial charge is 0.393 e. The number of hydrogen-bond donors (Lipinski definition) is 1. The molecule has 126 valence electrons. The van der Waals surface area contributed by atoms with Crippen LogP contribution in [0.3, 0.4) is 0 Å². The Balaban J connectivity index is 1.84. The van der Waals surface area contributed by atoms with Crippen LogP contribution in [0.2, 0.25) is 0 Å². The summed E-state index contributed by atoms with van der Waals surface area (Å²) in [7, 11) is -3.64. The number of aliphatic hydroxyl groups excluding tert-OH is 1. The minimum absolute atomic E-state index is 0.171. The maximum atomic E-state index is 13.3. The summed E-state index contributed by atoms with van der Waals surface area (Å²) >= 11 is 0. The van der Waals surface area contributed by atoms with Gasteiger partial charge in [-0.3, -0.25) is 4.31 Å². The maximum Gasteiger partial charge on any atom is 0.264 e. The van der Waals surface area contributed by atoms with Crippen LogP contribution < -0.4 is 4.31 Å². The number of aryl methyl sites for hydroxylation is 1. The number of anilines is 1. The summed E-state index contributed by atoms with van der Waals surface area (Å²) in [5.74, 6) is 0.171. The van der Waals surface area contributed by atoms with Gasteiger partial charge in [0.1, 0.15) is 0 Å². The van der Waals surface area contributed by atoms with Gasteiger partial charge in [-0.1, -0.05) is 35.9 Å². The van der Waals surface area contributed by atoms with Crippen LogP contribution in [0.1, 0.15) is 36.3 Å². The summed E-state index contributed by atoms with van der Waals surface area (Å²) in [5.41, 5.74) is 2.88. The van der Waals surface area contributed by atoms with Gasteiger partial charge in [-0.25, -0.2) is 8.42 Å². The van der Waals surface area contributed by atoms with E-state index in [1.807, 2.05) is 43.3 Å². The van der Waals surface area contributed by atoms with Crippen molar-refractivity contribution < 1.29 is 13.5 Å². The Morgan fingerprint density at radius 1 is 1.04 bits per heavy atom. The van der Waals surface area contributed by atoms with Crippen LogP contribution in [0.15, 0.2) is 53.4 Å². The zero-order valence-electron chi connectivity index (χ0n) is 13.6. The summed E-state index contributed by atoms with van der Waals surface area (Å²) in [5, 5.41) is 10.1. The van der Waals surface area contributed by atoms with E-state index in [1.165, 1.54) is 0 Å². The molecule has 1 aliphatic heterocycles. The Bertz CT molecular complexity index is 860. The molecule has 1 fully saturated rings. The van der Waals surface area contributed by atoms with Crippen LogP contribution in [0.4, 0.5) is 5.69 Å². The highest BCUT2D eigenvalue weighted by atomic mass is 32.2. The Hall–Kier alpha value is -1.85. The number of rotatable bonds is 2. The topological polar surface area (TPSA) is 57.6 Å². The minimum Gasteiger partial charge on any atom is -0.393 e. The Kier molecular flexibility index (Phi) is 3.66. The molecular formula is C19H21NO3S. The molecule has 0 unspecified atom stereocenters. The summed E-state index contributed by atoms with van der Waals surface area (Å²) in [6.07, 6.45) is 1.61. The number of hydrogen-bond acceptors (Lipinski definition) is 3. The smallest absolute Gasteiger partial charge is 0.264 e. The van der Waals surface area contributed by atoms with E-state index in [1.54, 1.807) is 16.4 Å². The molecule has 0 saturated heterocycles. The molecule has 1 saturated carbocycles. The van der Waals surface area contributed by atoms with E-state index in [0.717, 1.165) is 29.7 Å². The molecule has 2 aromatic carbocycles. The number of aliphatic hydroxyl groups is 1. The van der Waals surface area contributed by atoms with E-state index >= 15 is 0 Å². The van der Waals surface area contributed by atoms with Crippen molar-refractivity contribution in [2.45, 2.75) is 49.1 Å². The third-order valence-electron chi connectivity index (χ3n) is 5.24. The van der Waals surface area contributed by atoms with Crippen molar-refractivity contribution in [3.63, 3.8) is 0 Å². The van der Waals surface area contributed by atoms with Crippen LogP contribution in [0.5, 0.6) is 0 Å². The third kappa shape index (κ3) is 2.34. The van der Waals surface area contributed by atoms with Crippen molar-refractivity contribution in [3.05, 3.63) is 59.7 Å². The molecule has 1 heterocycles. The Labute approximate surface area is 142 Å². The van der Waals surface area contributed by atoms with Gasteiger partial charge in [0.2, 0.25) is 0 Å². The first-order valence-corrected chi connectivity index (χ1v) is 9.80. The first kappa shape index (κ1) is 15.7. The molecule has 0 amide bonds. The van der Waals surface area contributed by atoms with Crippen molar-refractivity contribution in [2.75, 3.05) is 4.31 Å². The normalized spacial score (nSPS) is 26.1. The van der Waals surface area contributed by atoms with Gasteiger partial charge in [0.25, 0.3) is 10.0 Å². The zero-order valence-corrected chi connectivity index (χ0v) is 14.4. The first-order valence-electron chi connectivity index (χ1n) is 8.36. The second-order valence-corrected chi connectivity index (χ2v) is 8.63. The highest BCUT2D eigenvalue weighted by molar-refractivity contribution is 7.92. The molecule has 5 heteroatoms. The fraction of sp³-hybridized carbons (Fsp3) is 0.368. The number of fused-ring (bicyclic) bond motifs is 3. The first-order chi connectivity index (χ1) is 11.5. The van der Waals surface area contributed by atoms with Gasteiger partial charge in [0, 0.05) is 5.92 Å². The number of benzene rings is 2. The molecule has 1 aliphatic carbocycles. The quantitative estimate of drug-likeness (QED) is 0.911. The van der Waals surface area contributed by atoms with E-state index in [2.05, 4.69) is 0 Å². The Morgan fingerprint density at radius 2 is 1.75 bits per heavy atom. The lowest BCUT2D eigenvalue weighted by Crippen LogP contribution is -2.43. The minimum atomic E-state index is -3.64. The van der Waals surface area contributed by atoms with Crippen molar-refractivity contribution in [1.82, 2.24) is 0 Å². The predicted octanol–water partition coefficient (Wildman–Crippen LogP) is 3.20. The lowest BCUT2D eigenvalue weighted by atomic mass is 9.81. The van der Waals surface area contributed by atoms with Crippen LogP contribution in [-0.4, -0.2) is 25.7 Å². The summed E-state index contributed by atoms with van der Waals surface area (Å²) in [6, 6.07) is 14.5. The van der Waals surface area contributed by atoms with Gasteiger partial charge in [-0.15, -0.1) is 0 Å². The van der Waals surface area contributed by atoms with Crippen LogP contribution in [0.25, 0.3) is 0 Å². The van der Waals surface area contributed by atoms with Crippen molar-refractivity contribution in [1.29, 1.82) is 0 Å². The van der Waals surface area contributed by atoms with Crippen molar-refractivity contribution >= 4 is 15.7 Å². The van der Waals surface area contributed by atoms with Crippen LogP contribution in [0, 0.1) is 6.92 Å². The van der Waals surface area contributed by atoms with Crippen LogP contribution in [-0.2, 0) is 10.0 Å². The fourth-order valence-corrected chi connectivity index (χ4v) is 5.78. The van der Waals surface area contributed by atoms with Crippen LogP contribution >= 0.6 is 0 Å². The Morgan fingerprint density at radius 3 is 2.50 bits per heavy atom. The average molecular weight is 343 g/mol. The lowest BCUT2D eigenvalue weighted by molar-refractivity contribution is 0.115. The van der Waals surface area contributed by atoms with E-state index in [0.29, 0.717) is 11.3 Å². The molecule has 24 heavy (non-hydrogen) atoms. The molecule has 4 nitrogen and oxygen atoms in total. The van der Waals surface area contributed by atoms with E-state index in [-0.39, 0.29) is 12.0 Å². The SMILES string of the molecule is Cc1ccc(S(=O)(=O)N2c3ccccc3[C@@H]3CC[C@H](O)C[C@@H]32)cc1. The number of nitrogens with zero attached hydrogens (tertiary/aromatic N) is 1.